The Morgan fingerprint density at radius 1 is 1.24 bits per heavy atom. The van der Waals surface area contributed by atoms with Crippen LogP contribution in [0.15, 0.2) is 24.3 Å². The second kappa shape index (κ2) is 6.61. The van der Waals surface area contributed by atoms with E-state index in [1.165, 1.54) is 38.5 Å². The summed E-state index contributed by atoms with van der Waals surface area (Å²) in [5.41, 5.74) is 0.771. The van der Waals surface area contributed by atoms with E-state index in [2.05, 4.69) is 4.90 Å². The number of benzene rings is 1. The molecule has 2 fully saturated rings. The van der Waals surface area contributed by atoms with Crippen LogP contribution in [0.5, 0.6) is 5.75 Å². The zero-order chi connectivity index (χ0) is 14.7. The van der Waals surface area contributed by atoms with Gasteiger partial charge in [0.15, 0.2) is 5.78 Å². The SMILES string of the molecule is COc1cccc(C(=O)CN2CCC[C@H]3CCCC[C@H]32)c1. The van der Waals surface area contributed by atoms with Crippen molar-refractivity contribution in [3.8, 4) is 5.75 Å². The highest BCUT2D eigenvalue weighted by molar-refractivity contribution is 5.98. The van der Waals surface area contributed by atoms with Crippen molar-refractivity contribution in [1.82, 2.24) is 4.90 Å². The van der Waals surface area contributed by atoms with Gasteiger partial charge in [-0.05, 0) is 50.3 Å². The Labute approximate surface area is 127 Å². The second-order valence-corrected chi connectivity index (χ2v) is 6.38. The molecule has 1 aromatic rings. The number of carbonyl (C=O) groups is 1. The fraction of sp³-hybridized carbons (Fsp3) is 0.611. The van der Waals surface area contributed by atoms with Crippen LogP contribution < -0.4 is 4.74 Å². The number of rotatable bonds is 4. The third-order valence-corrected chi connectivity index (χ3v) is 5.10. The molecular weight excluding hydrogens is 262 g/mol. The molecule has 0 radical (unpaired) electrons. The molecule has 1 aliphatic carbocycles. The van der Waals surface area contributed by atoms with Crippen molar-refractivity contribution in [3.05, 3.63) is 29.8 Å². The largest absolute Gasteiger partial charge is 0.497 e. The molecule has 2 atom stereocenters. The lowest BCUT2D eigenvalue weighted by molar-refractivity contribution is 0.0539. The number of ketones is 1. The van der Waals surface area contributed by atoms with Crippen molar-refractivity contribution in [2.75, 3.05) is 20.2 Å². The van der Waals surface area contributed by atoms with E-state index in [0.717, 1.165) is 23.8 Å². The molecule has 0 N–H and O–H groups in total. The molecule has 1 heterocycles. The van der Waals surface area contributed by atoms with E-state index >= 15 is 0 Å². The van der Waals surface area contributed by atoms with Crippen molar-refractivity contribution in [1.29, 1.82) is 0 Å². The smallest absolute Gasteiger partial charge is 0.176 e. The summed E-state index contributed by atoms with van der Waals surface area (Å²) in [6.07, 6.45) is 7.93. The Morgan fingerprint density at radius 2 is 2.05 bits per heavy atom. The van der Waals surface area contributed by atoms with Crippen molar-refractivity contribution >= 4 is 5.78 Å². The maximum absolute atomic E-state index is 12.6. The fourth-order valence-corrected chi connectivity index (χ4v) is 4.00. The number of hydrogen-bond acceptors (Lipinski definition) is 3. The van der Waals surface area contributed by atoms with Gasteiger partial charge in [0, 0.05) is 11.6 Å². The number of Topliss-reactive ketones (excluding diaryl/α,β-unsaturated/α-hetero) is 1. The lowest BCUT2D eigenvalue weighted by atomic mass is 9.78. The summed E-state index contributed by atoms with van der Waals surface area (Å²) in [5, 5.41) is 0. The van der Waals surface area contributed by atoms with Crippen LogP contribution in [0.2, 0.25) is 0 Å². The highest BCUT2D eigenvalue weighted by Crippen LogP contribution is 2.35. The molecule has 21 heavy (non-hydrogen) atoms. The van der Waals surface area contributed by atoms with Crippen LogP contribution in [0.3, 0.4) is 0 Å². The van der Waals surface area contributed by atoms with E-state index in [1.54, 1.807) is 7.11 Å². The van der Waals surface area contributed by atoms with Crippen LogP contribution in [-0.4, -0.2) is 36.9 Å². The van der Waals surface area contributed by atoms with E-state index in [0.29, 0.717) is 12.6 Å². The molecule has 3 nitrogen and oxygen atoms in total. The minimum absolute atomic E-state index is 0.222. The fourth-order valence-electron chi connectivity index (χ4n) is 4.00. The summed E-state index contributed by atoms with van der Waals surface area (Å²) in [6, 6.07) is 8.17. The van der Waals surface area contributed by atoms with Gasteiger partial charge >= 0.3 is 0 Å². The van der Waals surface area contributed by atoms with Gasteiger partial charge in [0.05, 0.1) is 13.7 Å². The molecule has 3 rings (SSSR count). The topological polar surface area (TPSA) is 29.5 Å². The first-order valence-corrected chi connectivity index (χ1v) is 8.19. The number of carbonyl (C=O) groups excluding carboxylic acids is 1. The van der Waals surface area contributed by atoms with Gasteiger partial charge in [-0.3, -0.25) is 9.69 Å². The quantitative estimate of drug-likeness (QED) is 0.793. The zero-order valence-corrected chi connectivity index (χ0v) is 12.9. The van der Waals surface area contributed by atoms with E-state index in [-0.39, 0.29) is 5.78 Å². The third kappa shape index (κ3) is 3.29. The zero-order valence-electron chi connectivity index (χ0n) is 12.9. The average molecular weight is 287 g/mol. The number of piperidine rings is 1. The Bertz CT molecular complexity index is 498. The predicted molar refractivity (Wildman–Crippen MR) is 83.9 cm³/mol. The van der Waals surface area contributed by atoms with Crippen LogP contribution in [0.1, 0.15) is 48.9 Å². The molecule has 114 valence electrons. The van der Waals surface area contributed by atoms with E-state index < -0.39 is 0 Å². The molecule has 0 unspecified atom stereocenters. The van der Waals surface area contributed by atoms with Gasteiger partial charge in [-0.25, -0.2) is 0 Å². The number of ether oxygens (including phenoxy) is 1. The van der Waals surface area contributed by atoms with Crippen LogP contribution >= 0.6 is 0 Å². The minimum atomic E-state index is 0.222. The van der Waals surface area contributed by atoms with Crippen molar-refractivity contribution in [2.45, 2.75) is 44.6 Å². The van der Waals surface area contributed by atoms with Gasteiger partial charge in [0.1, 0.15) is 5.75 Å². The van der Waals surface area contributed by atoms with Crippen molar-refractivity contribution in [2.24, 2.45) is 5.92 Å². The Kier molecular flexibility index (Phi) is 4.59. The van der Waals surface area contributed by atoms with Crippen LogP contribution in [0, 0.1) is 5.92 Å². The summed E-state index contributed by atoms with van der Waals surface area (Å²) in [4.78, 5) is 15.0. The van der Waals surface area contributed by atoms with Crippen LogP contribution in [-0.2, 0) is 0 Å². The molecule has 0 spiro atoms. The molecule has 0 aromatic heterocycles. The summed E-state index contributed by atoms with van der Waals surface area (Å²) < 4.78 is 5.22. The van der Waals surface area contributed by atoms with Gasteiger partial charge in [0.25, 0.3) is 0 Å². The lowest BCUT2D eigenvalue weighted by Gasteiger charge is -2.43. The van der Waals surface area contributed by atoms with Gasteiger partial charge in [0.2, 0.25) is 0 Å². The molecule has 1 aliphatic heterocycles. The van der Waals surface area contributed by atoms with Gasteiger partial charge in [-0.1, -0.05) is 25.0 Å². The summed E-state index contributed by atoms with van der Waals surface area (Å²) in [5.74, 6) is 1.81. The summed E-state index contributed by atoms with van der Waals surface area (Å²) in [6.45, 7) is 1.64. The maximum Gasteiger partial charge on any atom is 0.176 e. The number of hydrogen-bond donors (Lipinski definition) is 0. The molecule has 1 saturated heterocycles. The Hall–Kier alpha value is -1.35. The number of likely N-dealkylation sites (tertiary alicyclic amines) is 1. The molecule has 1 aromatic carbocycles. The normalized spacial score (nSPS) is 26.1. The monoisotopic (exact) mass is 287 g/mol. The number of nitrogens with zero attached hydrogens (tertiary/aromatic N) is 1. The second-order valence-electron chi connectivity index (χ2n) is 6.38. The highest BCUT2D eigenvalue weighted by Gasteiger charge is 2.33. The highest BCUT2D eigenvalue weighted by atomic mass is 16.5. The maximum atomic E-state index is 12.6. The van der Waals surface area contributed by atoms with E-state index in [1.807, 2.05) is 24.3 Å². The van der Waals surface area contributed by atoms with E-state index in [9.17, 15) is 4.79 Å². The van der Waals surface area contributed by atoms with Gasteiger partial charge in [-0.15, -0.1) is 0 Å². The van der Waals surface area contributed by atoms with Crippen LogP contribution in [0.4, 0.5) is 0 Å². The van der Waals surface area contributed by atoms with E-state index in [4.69, 9.17) is 4.74 Å². The third-order valence-electron chi connectivity index (χ3n) is 5.10. The first-order chi connectivity index (χ1) is 10.3. The number of methoxy groups -OCH3 is 1. The predicted octanol–water partition coefficient (Wildman–Crippen LogP) is 3.53. The first-order valence-electron chi connectivity index (χ1n) is 8.19. The molecule has 0 amide bonds. The van der Waals surface area contributed by atoms with Crippen molar-refractivity contribution < 1.29 is 9.53 Å². The average Bonchev–Trinajstić information content (AvgIpc) is 2.55. The molecule has 1 saturated carbocycles. The standard InChI is InChI=1S/C18H25NO2/c1-21-16-9-4-7-15(12-16)18(20)13-19-11-5-8-14-6-2-3-10-17(14)19/h4,7,9,12,14,17H,2-3,5-6,8,10-11,13H2,1H3/t14-,17-/m1/s1. The van der Waals surface area contributed by atoms with Gasteiger partial charge < -0.3 is 4.74 Å². The minimum Gasteiger partial charge on any atom is -0.497 e. The van der Waals surface area contributed by atoms with Crippen molar-refractivity contribution in [3.63, 3.8) is 0 Å². The first kappa shape index (κ1) is 14.6. The van der Waals surface area contributed by atoms with Gasteiger partial charge in [-0.2, -0.15) is 0 Å². The molecular formula is C18H25NO2. The Morgan fingerprint density at radius 3 is 2.90 bits per heavy atom. The Balaban J connectivity index is 1.68. The van der Waals surface area contributed by atoms with Crippen LogP contribution in [0.25, 0.3) is 0 Å². The molecule has 0 bridgehead atoms. The molecule has 2 aliphatic rings. The summed E-state index contributed by atoms with van der Waals surface area (Å²) >= 11 is 0. The number of fused-ring (bicyclic) bond motifs is 1. The molecule has 3 heteroatoms. The lowest BCUT2D eigenvalue weighted by Crippen LogP contribution is -2.48. The summed E-state index contributed by atoms with van der Waals surface area (Å²) in [7, 11) is 1.64.